The number of hydrogen-bond acceptors (Lipinski definition) is 6. The van der Waals surface area contributed by atoms with Crippen LogP contribution < -0.4 is 4.74 Å². The largest absolute Gasteiger partial charge is 0.491 e. The van der Waals surface area contributed by atoms with Crippen LogP contribution in [0.5, 0.6) is 5.75 Å². The van der Waals surface area contributed by atoms with Crippen LogP contribution in [0.1, 0.15) is 12.8 Å². The van der Waals surface area contributed by atoms with Gasteiger partial charge in [0.25, 0.3) is 0 Å². The molecule has 2 aliphatic rings. The molecule has 0 amide bonds. The molecule has 6 nitrogen and oxygen atoms in total. The van der Waals surface area contributed by atoms with Gasteiger partial charge in [-0.05, 0) is 18.2 Å². The minimum Gasteiger partial charge on any atom is -0.491 e. The molecule has 1 unspecified atom stereocenters. The Labute approximate surface area is 138 Å². The highest BCUT2D eigenvalue weighted by molar-refractivity contribution is 6.30. The number of halogens is 1. The van der Waals surface area contributed by atoms with Crippen LogP contribution >= 0.6 is 11.6 Å². The van der Waals surface area contributed by atoms with Gasteiger partial charge >= 0.3 is 5.97 Å². The molecule has 0 aromatic heterocycles. The predicted molar refractivity (Wildman–Crippen MR) is 81.3 cm³/mol. The van der Waals surface area contributed by atoms with Gasteiger partial charge in [-0.3, -0.25) is 4.79 Å². The Morgan fingerprint density at radius 2 is 2.22 bits per heavy atom. The number of aliphatic hydroxyl groups excluding tert-OH is 2. The van der Waals surface area contributed by atoms with Gasteiger partial charge in [-0.2, -0.15) is 0 Å². The standard InChI is InChI=1S/C16H19ClO6/c17-9-2-1-3-11(4-9)21-7-10(18)8-22-16-12-5-15(20)23-14(12)6-13(16)19/h1-4,10,12-14,16,18-19H,5-8H2/t10?,12-,13+,14-,16+/m1/s1. The second-order valence-corrected chi connectivity index (χ2v) is 6.36. The van der Waals surface area contributed by atoms with E-state index in [0.717, 1.165) is 0 Å². The number of aliphatic hydroxyl groups is 2. The van der Waals surface area contributed by atoms with E-state index in [1.54, 1.807) is 24.3 Å². The van der Waals surface area contributed by atoms with E-state index in [1.807, 2.05) is 0 Å². The number of fused-ring (bicyclic) bond motifs is 1. The summed E-state index contributed by atoms with van der Waals surface area (Å²) in [5, 5.41) is 20.5. The summed E-state index contributed by atoms with van der Waals surface area (Å²) in [4.78, 5) is 11.3. The molecule has 1 aliphatic heterocycles. The maximum absolute atomic E-state index is 11.3. The van der Waals surface area contributed by atoms with Crippen molar-refractivity contribution < 1.29 is 29.2 Å². The fourth-order valence-electron chi connectivity index (χ4n) is 3.09. The fourth-order valence-corrected chi connectivity index (χ4v) is 3.27. The molecular weight excluding hydrogens is 324 g/mol. The molecule has 0 bridgehead atoms. The second-order valence-electron chi connectivity index (χ2n) is 5.92. The molecule has 126 valence electrons. The van der Waals surface area contributed by atoms with E-state index in [-0.39, 0.29) is 37.6 Å². The Hall–Kier alpha value is -1.34. The lowest BCUT2D eigenvalue weighted by Gasteiger charge is -2.22. The molecule has 1 aromatic rings. The van der Waals surface area contributed by atoms with Crippen LogP contribution in [0.3, 0.4) is 0 Å². The maximum Gasteiger partial charge on any atom is 0.306 e. The van der Waals surface area contributed by atoms with Crippen molar-refractivity contribution >= 4 is 17.6 Å². The van der Waals surface area contributed by atoms with Crippen LogP contribution in [0, 0.1) is 5.92 Å². The molecule has 5 atom stereocenters. The number of hydrogen-bond donors (Lipinski definition) is 2. The molecule has 2 N–H and O–H groups in total. The summed E-state index contributed by atoms with van der Waals surface area (Å²) in [5.41, 5.74) is 0. The van der Waals surface area contributed by atoms with E-state index in [0.29, 0.717) is 17.2 Å². The number of carbonyl (C=O) groups excluding carboxylic acids is 1. The highest BCUT2D eigenvalue weighted by Crippen LogP contribution is 2.38. The van der Waals surface area contributed by atoms with Gasteiger partial charge in [0.1, 0.15) is 24.6 Å². The van der Waals surface area contributed by atoms with E-state index in [1.165, 1.54) is 0 Å². The molecule has 7 heteroatoms. The van der Waals surface area contributed by atoms with Crippen molar-refractivity contribution in [2.24, 2.45) is 5.92 Å². The monoisotopic (exact) mass is 342 g/mol. The average Bonchev–Trinajstić information content (AvgIpc) is 2.98. The molecule has 23 heavy (non-hydrogen) atoms. The minimum atomic E-state index is -0.849. The summed E-state index contributed by atoms with van der Waals surface area (Å²) in [7, 11) is 0. The summed E-state index contributed by atoms with van der Waals surface area (Å²) in [6, 6.07) is 6.89. The lowest BCUT2D eigenvalue weighted by atomic mass is 10.0. The number of ether oxygens (including phenoxy) is 3. The zero-order valence-electron chi connectivity index (χ0n) is 12.4. The van der Waals surface area contributed by atoms with Gasteiger partial charge in [0.05, 0.1) is 25.2 Å². The summed E-state index contributed by atoms with van der Waals surface area (Å²) in [6.45, 7) is 0.0619. The molecule has 1 saturated carbocycles. The van der Waals surface area contributed by atoms with Crippen molar-refractivity contribution in [3.63, 3.8) is 0 Å². The third-order valence-electron chi connectivity index (χ3n) is 4.16. The summed E-state index contributed by atoms with van der Waals surface area (Å²) in [5.74, 6) is 0.163. The van der Waals surface area contributed by atoms with Crippen molar-refractivity contribution in [1.29, 1.82) is 0 Å². The van der Waals surface area contributed by atoms with Crippen LogP contribution in [0.4, 0.5) is 0 Å². The molecule has 3 rings (SSSR count). The Morgan fingerprint density at radius 3 is 3.00 bits per heavy atom. The smallest absolute Gasteiger partial charge is 0.306 e. The van der Waals surface area contributed by atoms with Crippen molar-refractivity contribution in [2.45, 2.75) is 37.3 Å². The van der Waals surface area contributed by atoms with Crippen LogP contribution in [0.15, 0.2) is 24.3 Å². The molecule has 0 spiro atoms. The lowest BCUT2D eigenvalue weighted by molar-refractivity contribution is -0.142. The van der Waals surface area contributed by atoms with Gasteiger partial charge in [-0.1, -0.05) is 17.7 Å². The Morgan fingerprint density at radius 1 is 1.39 bits per heavy atom. The van der Waals surface area contributed by atoms with Crippen LogP contribution in [0.25, 0.3) is 0 Å². The van der Waals surface area contributed by atoms with E-state index >= 15 is 0 Å². The molecule has 1 aromatic carbocycles. The van der Waals surface area contributed by atoms with Gasteiger partial charge < -0.3 is 24.4 Å². The molecule has 1 aliphatic carbocycles. The topological polar surface area (TPSA) is 85.2 Å². The Balaban J connectivity index is 1.45. The van der Waals surface area contributed by atoms with E-state index in [9.17, 15) is 15.0 Å². The van der Waals surface area contributed by atoms with Crippen molar-refractivity contribution in [3.8, 4) is 5.75 Å². The van der Waals surface area contributed by atoms with Crippen molar-refractivity contribution in [1.82, 2.24) is 0 Å². The average molecular weight is 343 g/mol. The van der Waals surface area contributed by atoms with Gasteiger partial charge in [0.15, 0.2) is 0 Å². The minimum absolute atomic E-state index is 0.0136. The van der Waals surface area contributed by atoms with Gasteiger partial charge in [0.2, 0.25) is 0 Å². The number of rotatable bonds is 6. The van der Waals surface area contributed by atoms with Gasteiger partial charge in [0, 0.05) is 17.4 Å². The molecule has 2 fully saturated rings. The third-order valence-corrected chi connectivity index (χ3v) is 4.39. The number of esters is 1. The van der Waals surface area contributed by atoms with E-state index in [4.69, 9.17) is 25.8 Å². The predicted octanol–water partition coefficient (Wildman–Crippen LogP) is 1.16. The molecule has 0 radical (unpaired) electrons. The van der Waals surface area contributed by atoms with Crippen LogP contribution in [0.2, 0.25) is 5.02 Å². The first-order valence-corrected chi connectivity index (χ1v) is 7.96. The van der Waals surface area contributed by atoms with E-state index in [2.05, 4.69) is 0 Å². The van der Waals surface area contributed by atoms with Crippen molar-refractivity contribution in [3.05, 3.63) is 29.3 Å². The van der Waals surface area contributed by atoms with Crippen molar-refractivity contribution in [2.75, 3.05) is 13.2 Å². The number of carbonyl (C=O) groups is 1. The van der Waals surface area contributed by atoms with Gasteiger partial charge in [-0.25, -0.2) is 0 Å². The summed E-state index contributed by atoms with van der Waals surface area (Å²) < 4.78 is 16.2. The Bertz CT molecular complexity index is 565. The third kappa shape index (κ3) is 3.95. The molecule has 1 heterocycles. The lowest BCUT2D eigenvalue weighted by Crippen LogP contribution is -2.34. The van der Waals surface area contributed by atoms with Crippen LogP contribution in [-0.4, -0.2) is 53.8 Å². The maximum atomic E-state index is 11.3. The highest BCUT2D eigenvalue weighted by atomic mass is 35.5. The normalized spacial score (nSPS) is 30.8. The summed E-state index contributed by atoms with van der Waals surface area (Å²) >= 11 is 5.85. The van der Waals surface area contributed by atoms with E-state index < -0.39 is 18.3 Å². The van der Waals surface area contributed by atoms with Gasteiger partial charge in [-0.15, -0.1) is 0 Å². The first kappa shape index (κ1) is 16.5. The first-order valence-electron chi connectivity index (χ1n) is 7.58. The zero-order chi connectivity index (χ0) is 16.4. The molecular formula is C16H19ClO6. The first-order chi connectivity index (χ1) is 11.0. The fraction of sp³-hybridized carbons (Fsp3) is 0.562. The SMILES string of the molecule is O=C1C[C@H]2[C@H](OCC(O)COc3cccc(Cl)c3)[C@@H](O)C[C@H]2O1. The Kier molecular flexibility index (Phi) is 5.06. The quantitative estimate of drug-likeness (QED) is 0.755. The highest BCUT2D eigenvalue weighted by Gasteiger charge is 2.50. The zero-order valence-corrected chi connectivity index (χ0v) is 13.2. The second kappa shape index (κ2) is 7.05. The number of benzene rings is 1. The van der Waals surface area contributed by atoms with Crippen LogP contribution in [-0.2, 0) is 14.3 Å². The molecule has 1 saturated heterocycles. The summed E-state index contributed by atoms with van der Waals surface area (Å²) in [6.07, 6.45) is -1.66.